The number of fused-ring (bicyclic) bond motifs is 1. The minimum Gasteiger partial charge on any atom is -0.460 e. The van der Waals surface area contributed by atoms with Gasteiger partial charge in [-0.15, -0.1) is 5.10 Å². The average molecular weight is 416 g/mol. The van der Waals surface area contributed by atoms with Crippen molar-refractivity contribution in [1.82, 2.24) is 15.1 Å². The van der Waals surface area contributed by atoms with E-state index in [0.29, 0.717) is 11.8 Å². The number of nitrogens with one attached hydrogen (secondary N) is 1. The van der Waals surface area contributed by atoms with Crippen LogP contribution in [0.3, 0.4) is 0 Å². The van der Waals surface area contributed by atoms with Crippen LogP contribution in [-0.2, 0) is 16.1 Å². The van der Waals surface area contributed by atoms with Crippen molar-refractivity contribution in [3.63, 3.8) is 0 Å². The topological polar surface area (TPSA) is 85.6 Å². The van der Waals surface area contributed by atoms with Crippen LogP contribution in [0.2, 0.25) is 0 Å². The standard InChI is InChI=1S/C23H33N3O4/c1-23(2,22(28)24-17-7-9-18(27)10-8-17)30-21-19-5-3-4-6-20(19)26(25-21)15-16-11-13-29-14-12-16/h3-6,16-18,27H,7-15H2,1-2H3,(H,24,28). The number of aliphatic hydroxyl groups is 1. The highest BCUT2D eigenvalue weighted by Gasteiger charge is 2.34. The minimum absolute atomic E-state index is 0.0894. The summed E-state index contributed by atoms with van der Waals surface area (Å²) in [5, 5.41) is 18.4. The Morgan fingerprint density at radius 2 is 1.90 bits per heavy atom. The molecule has 7 nitrogen and oxygen atoms in total. The van der Waals surface area contributed by atoms with Gasteiger partial charge in [0.25, 0.3) is 5.91 Å². The molecule has 1 aliphatic carbocycles. The van der Waals surface area contributed by atoms with Crippen LogP contribution in [0.4, 0.5) is 0 Å². The molecule has 1 amide bonds. The molecule has 2 aromatic rings. The molecular weight excluding hydrogens is 382 g/mol. The van der Waals surface area contributed by atoms with Gasteiger partial charge in [-0.05, 0) is 70.4 Å². The lowest BCUT2D eigenvalue weighted by atomic mass is 9.92. The van der Waals surface area contributed by atoms with Gasteiger partial charge in [0.2, 0.25) is 5.88 Å². The third kappa shape index (κ3) is 4.78. The van der Waals surface area contributed by atoms with Crippen LogP contribution in [-0.4, -0.2) is 51.8 Å². The van der Waals surface area contributed by atoms with Crippen molar-refractivity contribution in [2.24, 2.45) is 5.92 Å². The molecule has 1 saturated carbocycles. The van der Waals surface area contributed by atoms with Crippen LogP contribution < -0.4 is 10.1 Å². The summed E-state index contributed by atoms with van der Waals surface area (Å²) in [5.74, 6) is 0.886. The molecule has 1 aromatic carbocycles. The smallest absolute Gasteiger partial charge is 0.263 e. The minimum atomic E-state index is -1.04. The van der Waals surface area contributed by atoms with E-state index >= 15 is 0 Å². The molecule has 2 heterocycles. The Balaban J connectivity index is 1.48. The molecule has 164 valence electrons. The first-order valence-corrected chi connectivity index (χ1v) is 11.1. The molecule has 30 heavy (non-hydrogen) atoms. The monoisotopic (exact) mass is 415 g/mol. The van der Waals surface area contributed by atoms with Crippen molar-refractivity contribution in [2.45, 2.75) is 76.7 Å². The number of hydrogen-bond donors (Lipinski definition) is 2. The lowest BCUT2D eigenvalue weighted by molar-refractivity contribution is -0.135. The van der Waals surface area contributed by atoms with Crippen LogP contribution in [0.15, 0.2) is 24.3 Å². The second-order valence-corrected chi connectivity index (χ2v) is 9.15. The van der Waals surface area contributed by atoms with Crippen LogP contribution in [0.5, 0.6) is 5.88 Å². The highest BCUT2D eigenvalue weighted by molar-refractivity contribution is 5.87. The third-order valence-electron chi connectivity index (χ3n) is 6.33. The first-order valence-electron chi connectivity index (χ1n) is 11.1. The molecule has 0 spiro atoms. The number of carbonyl (C=O) groups excluding carboxylic acids is 1. The van der Waals surface area contributed by atoms with E-state index < -0.39 is 5.60 Å². The van der Waals surface area contributed by atoms with Crippen molar-refractivity contribution in [3.05, 3.63) is 24.3 Å². The molecule has 0 bridgehead atoms. The summed E-state index contributed by atoms with van der Waals surface area (Å²) in [4.78, 5) is 12.9. The molecule has 1 aromatic heterocycles. The highest BCUT2D eigenvalue weighted by Crippen LogP contribution is 2.30. The maximum atomic E-state index is 12.9. The van der Waals surface area contributed by atoms with Gasteiger partial charge in [-0.3, -0.25) is 9.48 Å². The van der Waals surface area contributed by atoms with Crippen molar-refractivity contribution in [2.75, 3.05) is 13.2 Å². The Labute approximate surface area is 177 Å². The van der Waals surface area contributed by atoms with E-state index in [1.54, 1.807) is 13.8 Å². The largest absolute Gasteiger partial charge is 0.460 e. The summed E-state index contributed by atoms with van der Waals surface area (Å²) >= 11 is 0. The zero-order chi connectivity index (χ0) is 21.1. The van der Waals surface area contributed by atoms with Crippen molar-refractivity contribution >= 4 is 16.8 Å². The van der Waals surface area contributed by atoms with Gasteiger partial charge in [0.15, 0.2) is 5.60 Å². The highest BCUT2D eigenvalue weighted by atomic mass is 16.5. The molecule has 0 atom stereocenters. The van der Waals surface area contributed by atoms with Gasteiger partial charge in [-0.2, -0.15) is 0 Å². The van der Waals surface area contributed by atoms with Crippen molar-refractivity contribution in [1.29, 1.82) is 0 Å². The molecule has 2 N–H and O–H groups in total. The molecule has 0 radical (unpaired) electrons. The number of hydrogen-bond acceptors (Lipinski definition) is 5. The van der Waals surface area contributed by atoms with E-state index in [1.165, 1.54) is 0 Å². The SMILES string of the molecule is CC(C)(Oc1nn(CC2CCOCC2)c2ccccc12)C(=O)NC1CCC(O)CC1. The predicted octanol–water partition coefficient (Wildman–Crippen LogP) is 3.04. The predicted molar refractivity (Wildman–Crippen MR) is 114 cm³/mol. The zero-order valence-electron chi connectivity index (χ0n) is 18.0. The van der Waals surface area contributed by atoms with E-state index in [-0.39, 0.29) is 18.1 Å². The number of carbonyl (C=O) groups is 1. The normalized spacial score (nSPS) is 23.4. The van der Waals surface area contributed by atoms with E-state index in [4.69, 9.17) is 14.6 Å². The Morgan fingerprint density at radius 1 is 1.20 bits per heavy atom. The van der Waals surface area contributed by atoms with Crippen molar-refractivity contribution < 1.29 is 19.4 Å². The van der Waals surface area contributed by atoms with Gasteiger partial charge in [-0.25, -0.2) is 0 Å². The van der Waals surface area contributed by atoms with Crippen LogP contribution in [0.25, 0.3) is 10.9 Å². The lowest BCUT2D eigenvalue weighted by Crippen LogP contribution is -2.51. The summed E-state index contributed by atoms with van der Waals surface area (Å²) in [7, 11) is 0. The van der Waals surface area contributed by atoms with Crippen molar-refractivity contribution in [3.8, 4) is 5.88 Å². The number of amides is 1. The van der Waals surface area contributed by atoms with E-state index in [9.17, 15) is 9.90 Å². The fraction of sp³-hybridized carbons (Fsp3) is 0.652. The third-order valence-corrected chi connectivity index (χ3v) is 6.33. The number of rotatable bonds is 6. The fourth-order valence-electron chi connectivity index (χ4n) is 4.35. The van der Waals surface area contributed by atoms with Crippen LogP contribution in [0, 0.1) is 5.92 Å². The van der Waals surface area contributed by atoms with Gasteiger partial charge in [0.1, 0.15) is 0 Å². The summed E-state index contributed by atoms with van der Waals surface area (Å²) in [6.07, 6.45) is 4.88. The number of nitrogens with zero attached hydrogens (tertiary/aromatic N) is 2. The maximum Gasteiger partial charge on any atom is 0.263 e. The number of aromatic nitrogens is 2. The van der Waals surface area contributed by atoms with Crippen LogP contribution in [0.1, 0.15) is 52.4 Å². The summed E-state index contributed by atoms with van der Waals surface area (Å²) in [5.41, 5.74) is -0.0204. The average Bonchev–Trinajstić information content (AvgIpc) is 3.07. The quantitative estimate of drug-likeness (QED) is 0.757. The second-order valence-electron chi connectivity index (χ2n) is 9.15. The molecule has 4 rings (SSSR count). The Hall–Kier alpha value is -2.12. The molecular formula is C23H33N3O4. The second kappa shape index (κ2) is 8.94. The number of ether oxygens (including phenoxy) is 2. The molecule has 2 aliphatic rings. The fourth-order valence-corrected chi connectivity index (χ4v) is 4.35. The molecule has 0 unspecified atom stereocenters. The lowest BCUT2D eigenvalue weighted by Gasteiger charge is -2.30. The van der Waals surface area contributed by atoms with Gasteiger partial charge in [-0.1, -0.05) is 12.1 Å². The number of para-hydroxylation sites is 1. The van der Waals surface area contributed by atoms with E-state index in [1.807, 2.05) is 22.9 Å². The number of aliphatic hydroxyl groups excluding tert-OH is 1. The van der Waals surface area contributed by atoms with E-state index in [0.717, 1.165) is 69.2 Å². The van der Waals surface area contributed by atoms with Gasteiger partial charge in [0, 0.05) is 25.8 Å². The first-order chi connectivity index (χ1) is 14.4. The summed E-state index contributed by atoms with van der Waals surface area (Å²) < 4.78 is 13.7. The van der Waals surface area contributed by atoms with Gasteiger partial charge in [0.05, 0.1) is 17.0 Å². The molecule has 1 saturated heterocycles. The van der Waals surface area contributed by atoms with Crippen LogP contribution >= 0.6 is 0 Å². The Morgan fingerprint density at radius 3 is 2.63 bits per heavy atom. The van der Waals surface area contributed by atoms with Gasteiger partial charge < -0.3 is 19.9 Å². The molecule has 7 heteroatoms. The Kier molecular flexibility index (Phi) is 6.29. The maximum absolute atomic E-state index is 12.9. The first kappa shape index (κ1) is 21.1. The molecule has 1 aliphatic heterocycles. The summed E-state index contributed by atoms with van der Waals surface area (Å²) in [6.45, 7) is 6.00. The molecule has 2 fully saturated rings. The zero-order valence-corrected chi connectivity index (χ0v) is 18.0. The summed E-state index contributed by atoms with van der Waals surface area (Å²) in [6, 6.07) is 8.11. The van der Waals surface area contributed by atoms with Gasteiger partial charge >= 0.3 is 0 Å². The number of benzene rings is 1. The van der Waals surface area contributed by atoms with E-state index in [2.05, 4.69) is 11.4 Å². The Bertz CT molecular complexity index is 864.